The third-order valence-corrected chi connectivity index (χ3v) is 2.94. The lowest BCUT2D eigenvalue weighted by molar-refractivity contribution is 0.372. The van der Waals surface area contributed by atoms with Crippen molar-refractivity contribution in [2.75, 3.05) is 0 Å². The molecule has 1 unspecified atom stereocenters. The molecule has 3 nitrogen and oxygen atoms in total. The van der Waals surface area contributed by atoms with Gasteiger partial charge in [-0.3, -0.25) is 0 Å². The summed E-state index contributed by atoms with van der Waals surface area (Å²) >= 11 is 0. The molecule has 0 N–H and O–H groups in total. The number of hydrogen-bond donors (Lipinski definition) is 0. The van der Waals surface area contributed by atoms with Gasteiger partial charge in [0.15, 0.2) is 0 Å². The van der Waals surface area contributed by atoms with Crippen LogP contribution in [0.3, 0.4) is 0 Å². The highest BCUT2D eigenvalue weighted by Gasteiger charge is 2.30. The summed E-state index contributed by atoms with van der Waals surface area (Å²) in [6, 6.07) is 0. The van der Waals surface area contributed by atoms with Gasteiger partial charge in [-0.25, -0.2) is 0 Å². The zero-order chi connectivity index (χ0) is 9.47. The molecule has 0 radical (unpaired) electrons. The number of aryl methyl sites for hydroxylation is 1. The quantitative estimate of drug-likeness (QED) is 0.609. The van der Waals surface area contributed by atoms with E-state index in [0.29, 0.717) is 0 Å². The number of fused-ring (bicyclic) bond motifs is 1. The van der Waals surface area contributed by atoms with Crippen molar-refractivity contribution in [1.82, 2.24) is 14.8 Å². The highest BCUT2D eigenvalue weighted by Crippen LogP contribution is 2.33. The van der Waals surface area contributed by atoms with Crippen molar-refractivity contribution in [2.45, 2.75) is 45.6 Å². The van der Waals surface area contributed by atoms with Gasteiger partial charge in [0.1, 0.15) is 12.2 Å². The molecular weight excluding hydrogens is 162 g/mol. The number of aromatic nitrogens is 3. The van der Waals surface area contributed by atoms with E-state index >= 15 is 0 Å². The van der Waals surface area contributed by atoms with Gasteiger partial charge in [0.05, 0.1) is 0 Å². The van der Waals surface area contributed by atoms with Crippen molar-refractivity contribution in [3.8, 4) is 0 Å². The van der Waals surface area contributed by atoms with E-state index in [-0.39, 0.29) is 5.41 Å². The van der Waals surface area contributed by atoms with Gasteiger partial charge in [-0.2, -0.15) is 0 Å². The summed E-state index contributed by atoms with van der Waals surface area (Å²) in [5.41, 5.74) is 0.187. The number of hydrogen-bond acceptors (Lipinski definition) is 2. The minimum atomic E-state index is 0.187. The average molecular weight is 179 g/mol. The molecule has 0 amide bonds. The van der Waals surface area contributed by atoms with E-state index in [1.54, 1.807) is 0 Å². The molecule has 1 aliphatic rings. The van der Waals surface area contributed by atoms with Crippen molar-refractivity contribution in [3.63, 3.8) is 0 Å². The predicted octanol–water partition coefficient (Wildman–Crippen LogP) is 1.99. The molecule has 0 aliphatic carbocycles. The normalized spacial score (nSPS) is 26.5. The van der Waals surface area contributed by atoms with Crippen LogP contribution < -0.4 is 0 Å². The Labute approximate surface area is 79.2 Å². The van der Waals surface area contributed by atoms with Gasteiger partial charge in [0, 0.05) is 12.0 Å². The van der Waals surface area contributed by atoms with E-state index in [2.05, 4.69) is 35.5 Å². The average Bonchev–Trinajstić information content (AvgIpc) is 2.44. The van der Waals surface area contributed by atoms with Gasteiger partial charge in [-0.1, -0.05) is 20.8 Å². The molecular formula is C10H17N3. The fourth-order valence-corrected chi connectivity index (χ4v) is 2.37. The van der Waals surface area contributed by atoms with Gasteiger partial charge in [-0.05, 0) is 18.8 Å². The predicted molar refractivity (Wildman–Crippen MR) is 51.4 cm³/mol. The number of nitrogens with zero attached hydrogens (tertiary/aromatic N) is 3. The first-order valence-corrected chi connectivity index (χ1v) is 4.98. The van der Waals surface area contributed by atoms with Crippen LogP contribution >= 0.6 is 0 Å². The maximum Gasteiger partial charge on any atom is 0.138 e. The summed E-state index contributed by atoms with van der Waals surface area (Å²) in [5.74, 6) is 1.94. The lowest BCUT2D eigenvalue weighted by atomic mass is 9.83. The topological polar surface area (TPSA) is 30.7 Å². The highest BCUT2D eigenvalue weighted by atomic mass is 15.3. The van der Waals surface area contributed by atoms with Crippen molar-refractivity contribution in [2.24, 2.45) is 5.92 Å². The lowest BCUT2D eigenvalue weighted by Crippen LogP contribution is -2.22. The zero-order valence-corrected chi connectivity index (χ0v) is 8.62. The molecule has 1 aliphatic heterocycles. The summed E-state index contributed by atoms with van der Waals surface area (Å²) in [5, 5.41) is 8.20. The molecule has 2 rings (SSSR count). The van der Waals surface area contributed by atoms with Crippen LogP contribution in [0.15, 0.2) is 6.33 Å². The van der Waals surface area contributed by atoms with Crippen molar-refractivity contribution in [1.29, 1.82) is 0 Å². The van der Waals surface area contributed by atoms with Gasteiger partial charge in [-0.15, -0.1) is 10.2 Å². The Balaban J connectivity index is 2.40. The van der Waals surface area contributed by atoms with E-state index in [1.807, 2.05) is 6.33 Å². The summed E-state index contributed by atoms with van der Waals surface area (Å²) in [7, 11) is 0. The van der Waals surface area contributed by atoms with E-state index in [4.69, 9.17) is 0 Å². The van der Waals surface area contributed by atoms with Crippen LogP contribution in [-0.2, 0) is 12.0 Å². The SMILES string of the molecule is CC1CCn2cnnc2C(C)(C)C1. The maximum atomic E-state index is 4.22. The molecule has 1 atom stereocenters. The first kappa shape index (κ1) is 8.73. The van der Waals surface area contributed by atoms with Crippen LogP contribution in [0, 0.1) is 5.92 Å². The van der Waals surface area contributed by atoms with Gasteiger partial charge >= 0.3 is 0 Å². The fourth-order valence-electron chi connectivity index (χ4n) is 2.37. The third kappa shape index (κ3) is 1.47. The number of rotatable bonds is 0. The largest absolute Gasteiger partial charge is 0.317 e. The van der Waals surface area contributed by atoms with Crippen LogP contribution in [0.4, 0.5) is 0 Å². The standard InChI is InChI=1S/C10H17N3/c1-8-4-5-13-7-11-12-9(13)10(2,3)6-8/h7-8H,4-6H2,1-3H3. The van der Waals surface area contributed by atoms with Crippen LogP contribution in [0.2, 0.25) is 0 Å². The van der Waals surface area contributed by atoms with Crippen LogP contribution in [0.5, 0.6) is 0 Å². The molecule has 1 aromatic rings. The van der Waals surface area contributed by atoms with Crippen LogP contribution in [-0.4, -0.2) is 14.8 Å². The van der Waals surface area contributed by atoms with Gasteiger partial charge in [0.25, 0.3) is 0 Å². The molecule has 0 spiro atoms. The molecule has 72 valence electrons. The Kier molecular flexibility index (Phi) is 1.90. The Morgan fingerprint density at radius 3 is 3.08 bits per heavy atom. The second-order valence-corrected chi connectivity index (χ2v) is 4.83. The Hall–Kier alpha value is -0.860. The third-order valence-electron chi connectivity index (χ3n) is 2.94. The van der Waals surface area contributed by atoms with Crippen molar-refractivity contribution < 1.29 is 0 Å². The minimum Gasteiger partial charge on any atom is -0.317 e. The molecule has 0 aromatic carbocycles. The maximum absolute atomic E-state index is 4.22. The molecule has 0 bridgehead atoms. The van der Waals surface area contributed by atoms with E-state index in [1.165, 1.54) is 12.8 Å². The van der Waals surface area contributed by atoms with E-state index in [9.17, 15) is 0 Å². The van der Waals surface area contributed by atoms with Gasteiger partial charge < -0.3 is 4.57 Å². The molecule has 0 fully saturated rings. The molecule has 0 saturated heterocycles. The van der Waals surface area contributed by atoms with Crippen molar-refractivity contribution >= 4 is 0 Å². The van der Waals surface area contributed by atoms with Crippen LogP contribution in [0.25, 0.3) is 0 Å². The molecule has 3 heteroatoms. The van der Waals surface area contributed by atoms with E-state index < -0.39 is 0 Å². The summed E-state index contributed by atoms with van der Waals surface area (Å²) in [6.07, 6.45) is 4.31. The monoisotopic (exact) mass is 179 g/mol. The second-order valence-electron chi connectivity index (χ2n) is 4.83. The Bertz CT molecular complexity index is 301. The second kappa shape index (κ2) is 2.82. The van der Waals surface area contributed by atoms with E-state index in [0.717, 1.165) is 18.3 Å². The molecule has 0 saturated carbocycles. The Morgan fingerprint density at radius 1 is 1.54 bits per heavy atom. The molecule has 13 heavy (non-hydrogen) atoms. The molecule has 1 aromatic heterocycles. The van der Waals surface area contributed by atoms with Gasteiger partial charge in [0.2, 0.25) is 0 Å². The summed E-state index contributed by atoms with van der Waals surface area (Å²) in [6.45, 7) is 7.92. The fraction of sp³-hybridized carbons (Fsp3) is 0.800. The lowest BCUT2D eigenvalue weighted by Gasteiger charge is -2.23. The van der Waals surface area contributed by atoms with Crippen molar-refractivity contribution in [3.05, 3.63) is 12.2 Å². The summed E-state index contributed by atoms with van der Waals surface area (Å²) in [4.78, 5) is 0. The smallest absolute Gasteiger partial charge is 0.138 e. The molecule has 2 heterocycles. The summed E-state index contributed by atoms with van der Waals surface area (Å²) < 4.78 is 2.20. The Morgan fingerprint density at radius 2 is 2.31 bits per heavy atom. The van der Waals surface area contributed by atoms with Crippen LogP contribution in [0.1, 0.15) is 39.4 Å². The zero-order valence-electron chi connectivity index (χ0n) is 8.62. The highest BCUT2D eigenvalue weighted by molar-refractivity contribution is 5.05. The first-order valence-electron chi connectivity index (χ1n) is 4.98. The minimum absolute atomic E-state index is 0.187. The first-order chi connectivity index (χ1) is 6.09.